The molecule has 1 aliphatic heterocycles. The fraction of sp³-hybridized carbons (Fsp3) is 1.00. The highest BCUT2D eigenvalue weighted by Crippen LogP contribution is 2.06. The lowest BCUT2D eigenvalue weighted by molar-refractivity contribution is 0.0433. The predicted octanol–water partition coefficient (Wildman–Crippen LogP) is -0.0468. The number of hydrogen-bond acceptors (Lipinski definition) is 4. The molecule has 0 atom stereocenters. The summed E-state index contributed by atoms with van der Waals surface area (Å²) >= 11 is 0. The Bertz CT molecular complexity index is 137. The van der Waals surface area contributed by atoms with Gasteiger partial charge in [-0.1, -0.05) is 0 Å². The van der Waals surface area contributed by atoms with Gasteiger partial charge in [0.2, 0.25) is 8.32 Å². The molecule has 0 aromatic heterocycles. The van der Waals surface area contributed by atoms with Crippen LogP contribution in [0.5, 0.6) is 0 Å². The topological polar surface area (TPSA) is 47.7 Å². The van der Waals surface area contributed by atoms with Gasteiger partial charge in [0.25, 0.3) is 0 Å². The van der Waals surface area contributed by atoms with Gasteiger partial charge < -0.3 is 9.26 Å². The zero-order valence-electron chi connectivity index (χ0n) is 7.88. The SMILES string of the molecule is C[Si](C)(CN1CCOCC1)ON. The number of nitrogens with two attached hydrogens (primary N) is 1. The quantitative estimate of drug-likeness (QED) is 0.501. The summed E-state index contributed by atoms with van der Waals surface area (Å²) in [6, 6.07) is 0. The second-order valence-corrected chi connectivity index (χ2v) is 7.84. The van der Waals surface area contributed by atoms with Crippen LogP contribution in [-0.4, -0.2) is 45.7 Å². The van der Waals surface area contributed by atoms with Crippen LogP contribution >= 0.6 is 0 Å². The number of nitrogens with zero attached hydrogens (tertiary/aromatic N) is 1. The Morgan fingerprint density at radius 3 is 2.50 bits per heavy atom. The minimum absolute atomic E-state index is 0.842. The van der Waals surface area contributed by atoms with Crippen LogP contribution in [0.25, 0.3) is 0 Å². The highest BCUT2D eigenvalue weighted by atomic mass is 28.4. The third kappa shape index (κ3) is 3.20. The summed E-state index contributed by atoms with van der Waals surface area (Å²) in [6.07, 6.45) is 1.01. The van der Waals surface area contributed by atoms with Crippen LogP contribution in [-0.2, 0) is 9.26 Å². The third-order valence-electron chi connectivity index (χ3n) is 2.03. The van der Waals surface area contributed by atoms with Crippen LogP contribution < -0.4 is 5.90 Å². The van der Waals surface area contributed by atoms with Gasteiger partial charge in [0.05, 0.1) is 13.2 Å². The molecule has 0 bridgehead atoms. The van der Waals surface area contributed by atoms with Gasteiger partial charge in [0.1, 0.15) is 0 Å². The summed E-state index contributed by atoms with van der Waals surface area (Å²) in [6.45, 7) is 7.97. The normalized spacial score (nSPS) is 21.2. The summed E-state index contributed by atoms with van der Waals surface area (Å²) in [5, 5.41) is 0. The third-order valence-corrected chi connectivity index (χ3v) is 3.87. The Balaban J connectivity index is 2.28. The molecule has 0 saturated carbocycles. The van der Waals surface area contributed by atoms with Crippen molar-refractivity contribution in [3.63, 3.8) is 0 Å². The minimum Gasteiger partial charge on any atom is -0.379 e. The molecule has 0 aromatic rings. The number of ether oxygens (including phenoxy) is 1. The van der Waals surface area contributed by atoms with Crippen molar-refractivity contribution in [2.24, 2.45) is 5.90 Å². The Morgan fingerprint density at radius 1 is 1.42 bits per heavy atom. The molecular formula is C7H18N2O2Si. The lowest BCUT2D eigenvalue weighted by atomic mass is 10.5. The number of rotatable bonds is 3. The maximum absolute atomic E-state index is 5.25. The number of hydrogen-bond donors (Lipinski definition) is 1. The van der Waals surface area contributed by atoms with E-state index < -0.39 is 8.32 Å². The van der Waals surface area contributed by atoms with E-state index in [1.54, 1.807) is 0 Å². The minimum atomic E-state index is -1.62. The fourth-order valence-electron chi connectivity index (χ4n) is 1.34. The smallest absolute Gasteiger partial charge is 0.228 e. The van der Waals surface area contributed by atoms with Crippen molar-refractivity contribution < 1.29 is 9.26 Å². The van der Waals surface area contributed by atoms with Crippen molar-refractivity contribution in [1.82, 2.24) is 4.90 Å². The van der Waals surface area contributed by atoms with Crippen LogP contribution in [0.1, 0.15) is 0 Å². The molecule has 0 unspecified atom stereocenters. The van der Waals surface area contributed by atoms with E-state index in [2.05, 4.69) is 18.0 Å². The van der Waals surface area contributed by atoms with Gasteiger partial charge in [-0.2, -0.15) is 0 Å². The molecule has 0 aliphatic carbocycles. The summed E-state index contributed by atoms with van der Waals surface area (Å²) in [5.74, 6) is 5.23. The maximum Gasteiger partial charge on any atom is 0.228 e. The maximum atomic E-state index is 5.25. The van der Waals surface area contributed by atoms with E-state index >= 15 is 0 Å². The molecule has 0 amide bonds. The van der Waals surface area contributed by atoms with Gasteiger partial charge in [-0.3, -0.25) is 4.90 Å². The lowest BCUT2D eigenvalue weighted by Crippen LogP contribution is -2.50. The largest absolute Gasteiger partial charge is 0.379 e. The van der Waals surface area contributed by atoms with E-state index in [1.165, 1.54) is 0 Å². The van der Waals surface area contributed by atoms with E-state index in [0.717, 1.165) is 32.5 Å². The van der Waals surface area contributed by atoms with Crippen molar-refractivity contribution in [3.05, 3.63) is 0 Å². The van der Waals surface area contributed by atoms with Crippen LogP contribution in [0.15, 0.2) is 0 Å². The van der Waals surface area contributed by atoms with Gasteiger partial charge in [-0.05, 0) is 13.1 Å². The fourth-order valence-corrected chi connectivity index (χ4v) is 2.80. The van der Waals surface area contributed by atoms with E-state index in [1.807, 2.05) is 0 Å². The monoisotopic (exact) mass is 190 g/mol. The zero-order chi connectivity index (χ0) is 9.03. The molecule has 1 saturated heterocycles. The Kier molecular flexibility index (Phi) is 3.67. The predicted molar refractivity (Wildman–Crippen MR) is 50.0 cm³/mol. The molecule has 1 rings (SSSR count). The molecular weight excluding hydrogens is 172 g/mol. The number of morpholine rings is 1. The van der Waals surface area contributed by atoms with Gasteiger partial charge in [-0.15, -0.1) is 0 Å². The Morgan fingerprint density at radius 2 is 2.00 bits per heavy atom. The van der Waals surface area contributed by atoms with Crippen LogP contribution in [0.3, 0.4) is 0 Å². The summed E-state index contributed by atoms with van der Waals surface area (Å²) < 4.78 is 10.2. The second-order valence-electron chi connectivity index (χ2n) is 3.77. The molecule has 12 heavy (non-hydrogen) atoms. The molecule has 5 heteroatoms. The Hall–Kier alpha value is 0.0569. The molecule has 0 radical (unpaired) electrons. The van der Waals surface area contributed by atoms with Gasteiger partial charge in [0, 0.05) is 19.3 Å². The van der Waals surface area contributed by atoms with E-state index in [0.29, 0.717) is 0 Å². The van der Waals surface area contributed by atoms with Crippen molar-refractivity contribution in [1.29, 1.82) is 0 Å². The van der Waals surface area contributed by atoms with Crippen LogP contribution in [0.2, 0.25) is 13.1 Å². The van der Waals surface area contributed by atoms with E-state index in [4.69, 9.17) is 15.2 Å². The van der Waals surface area contributed by atoms with Crippen LogP contribution in [0, 0.1) is 0 Å². The zero-order valence-corrected chi connectivity index (χ0v) is 8.88. The first kappa shape index (κ1) is 10.1. The molecule has 4 nitrogen and oxygen atoms in total. The summed E-state index contributed by atoms with van der Waals surface area (Å²) in [7, 11) is -1.62. The van der Waals surface area contributed by atoms with Gasteiger partial charge in [0.15, 0.2) is 0 Å². The summed E-state index contributed by atoms with van der Waals surface area (Å²) in [5.41, 5.74) is 0. The summed E-state index contributed by atoms with van der Waals surface area (Å²) in [4.78, 5) is 2.36. The average molecular weight is 190 g/mol. The highest BCUT2D eigenvalue weighted by Gasteiger charge is 2.26. The standard InChI is InChI=1S/C7H18N2O2Si/c1-12(2,11-8)7-9-3-5-10-6-4-9/h3-8H2,1-2H3. The lowest BCUT2D eigenvalue weighted by Gasteiger charge is -2.31. The first-order chi connectivity index (χ1) is 5.64. The van der Waals surface area contributed by atoms with Gasteiger partial charge in [-0.25, -0.2) is 5.90 Å². The molecule has 1 fully saturated rings. The molecule has 72 valence electrons. The average Bonchev–Trinajstić information content (AvgIpc) is 2.06. The molecule has 2 N–H and O–H groups in total. The first-order valence-electron chi connectivity index (χ1n) is 4.32. The molecule has 1 heterocycles. The Labute approximate surface area is 74.7 Å². The van der Waals surface area contributed by atoms with Gasteiger partial charge >= 0.3 is 0 Å². The second kappa shape index (κ2) is 4.34. The molecule has 1 aliphatic rings. The van der Waals surface area contributed by atoms with Crippen molar-refractivity contribution >= 4 is 8.32 Å². The molecule has 0 spiro atoms. The van der Waals surface area contributed by atoms with Crippen molar-refractivity contribution in [2.75, 3.05) is 32.5 Å². The van der Waals surface area contributed by atoms with E-state index in [9.17, 15) is 0 Å². The highest BCUT2D eigenvalue weighted by molar-refractivity contribution is 6.71. The van der Waals surface area contributed by atoms with Crippen molar-refractivity contribution in [3.8, 4) is 0 Å². The van der Waals surface area contributed by atoms with Crippen molar-refractivity contribution in [2.45, 2.75) is 13.1 Å². The van der Waals surface area contributed by atoms with Crippen LogP contribution in [0.4, 0.5) is 0 Å². The molecule has 0 aromatic carbocycles. The van der Waals surface area contributed by atoms with E-state index in [-0.39, 0.29) is 0 Å². The first-order valence-corrected chi connectivity index (χ1v) is 7.43.